The molecule has 5 rings (SSSR count). The van der Waals surface area contributed by atoms with Crippen LogP contribution >= 0.6 is 0 Å². The molecule has 218 valence electrons. The molecule has 2 aromatic heterocycles. The number of piperidine rings is 1. The summed E-state index contributed by atoms with van der Waals surface area (Å²) in [6, 6.07) is 0. The van der Waals surface area contributed by atoms with Gasteiger partial charge in [-0.3, -0.25) is 14.2 Å². The fourth-order valence-electron chi connectivity index (χ4n) is 5.50. The molecule has 15 nitrogen and oxygen atoms in total. The largest absolute Gasteiger partial charge is 0.444 e. The Kier molecular flexibility index (Phi) is 8.32. The molecule has 0 aliphatic carbocycles. The van der Waals surface area contributed by atoms with Gasteiger partial charge in [-0.1, -0.05) is 0 Å². The van der Waals surface area contributed by atoms with Crippen molar-refractivity contribution in [2.24, 2.45) is 5.92 Å². The Morgan fingerprint density at radius 3 is 2.73 bits per heavy atom. The van der Waals surface area contributed by atoms with Crippen molar-refractivity contribution in [1.29, 1.82) is 0 Å². The number of ether oxygens (including phenoxy) is 2. The Bertz CT molecular complexity index is 1250. The molecule has 15 heteroatoms. The summed E-state index contributed by atoms with van der Waals surface area (Å²) in [7, 11) is 0. The molecule has 0 bridgehead atoms. The maximum Gasteiger partial charge on any atom is 0.410 e. The number of nitrogens with two attached hydrogens (primary N) is 1. The maximum atomic E-state index is 12.4. The third-order valence-electron chi connectivity index (χ3n) is 7.71. The van der Waals surface area contributed by atoms with Crippen LogP contribution in [0.2, 0.25) is 0 Å². The number of aromatic nitrogens is 4. The Labute approximate surface area is 230 Å². The Balaban J connectivity index is 1.15. The number of nitrogen functional groups attached to an aromatic ring is 1. The highest BCUT2D eigenvalue weighted by Gasteiger charge is 2.47. The smallest absolute Gasteiger partial charge is 0.410 e. The molecule has 40 heavy (non-hydrogen) atoms. The van der Waals surface area contributed by atoms with Crippen LogP contribution in [0.15, 0.2) is 6.33 Å². The second kappa shape index (κ2) is 11.9. The number of amides is 3. The van der Waals surface area contributed by atoms with Crippen LogP contribution in [0, 0.1) is 5.92 Å². The van der Waals surface area contributed by atoms with E-state index in [0.717, 1.165) is 25.7 Å². The number of nitrogens with zero attached hydrogens (tertiary/aromatic N) is 5. The van der Waals surface area contributed by atoms with Gasteiger partial charge in [-0.15, -0.1) is 0 Å². The van der Waals surface area contributed by atoms with Crippen LogP contribution in [-0.2, 0) is 25.5 Å². The van der Waals surface area contributed by atoms with Gasteiger partial charge in [0, 0.05) is 26.1 Å². The number of imidazole rings is 1. The number of hydrogen-bond acceptors (Lipinski definition) is 11. The molecule has 0 aromatic carbocycles. The van der Waals surface area contributed by atoms with Crippen LogP contribution in [0.1, 0.15) is 51.1 Å². The van der Waals surface area contributed by atoms with Crippen LogP contribution in [0.5, 0.6) is 0 Å². The first-order valence-electron chi connectivity index (χ1n) is 13.8. The molecule has 3 amide bonds. The molecule has 5 atom stereocenters. The second-order valence-electron chi connectivity index (χ2n) is 10.5. The maximum absolute atomic E-state index is 12.4. The molecule has 6 N–H and O–H groups in total. The third kappa shape index (κ3) is 5.81. The van der Waals surface area contributed by atoms with Crippen molar-refractivity contribution in [3.63, 3.8) is 0 Å². The summed E-state index contributed by atoms with van der Waals surface area (Å²) >= 11 is 0. The summed E-state index contributed by atoms with van der Waals surface area (Å²) < 4.78 is 12.6. The van der Waals surface area contributed by atoms with Crippen molar-refractivity contribution < 1.29 is 34.1 Å². The first-order chi connectivity index (χ1) is 19.2. The lowest BCUT2D eigenvalue weighted by Crippen LogP contribution is -2.42. The topological polar surface area (TPSA) is 207 Å². The molecule has 2 aromatic rings. The minimum atomic E-state index is -1.41. The number of hydrogen-bond donors (Lipinski definition) is 5. The third-order valence-corrected chi connectivity index (χ3v) is 7.71. The zero-order valence-corrected chi connectivity index (χ0v) is 22.4. The fraction of sp³-hybridized carbons (Fsp3) is 0.680. The summed E-state index contributed by atoms with van der Waals surface area (Å²) in [5, 5.41) is 26.3. The average Bonchev–Trinajstić information content (AvgIpc) is 3.62. The molecule has 0 radical (unpaired) electrons. The van der Waals surface area contributed by atoms with Crippen LogP contribution < -0.4 is 16.4 Å². The molecule has 3 aliphatic heterocycles. The molecule has 3 aliphatic rings. The summed E-state index contributed by atoms with van der Waals surface area (Å²) in [5.74, 6) is 0.541. The lowest BCUT2D eigenvalue weighted by Gasteiger charge is -2.32. The highest BCUT2D eigenvalue weighted by molar-refractivity contribution is 5.83. The van der Waals surface area contributed by atoms with E-state index in [9.17, 15) is 24.6 Å². The normalized spacial score (nSPS) is 27.2. The first-order valence-corrected chi connectivity index (χ1v) is 13.8. The van der Waals surface area contributed by atoms with E-state index in [1.165, 1.54) is 10.9 Å². The zero-order chi connectivity index (χ0) is 28.4. The van der Waals surface area contributed by atoms with Crippen LogP contribution in [0.25, 0.3) is 11.2 Å². The van der Waals surface area contributed by atoms with E-state index in [-0.39, 0.29) is 24.2 Å². The van der Waals surface area contributed by atoms with Gasteiger partial charge in [-0.2, -0.15) is 0 Å². The second-order valence-corrected chi connectivity index (χ2v) is 10.5. The van der Waals surface area contributed by atoms with E-state index in [2.05, 4.69) is 25.6 Å². The number of aryl methyl sites for hydroxylation is 1. The highest BCUT2D eigenvalue weighted by Crippen LogP contribution is 2.32. The molecule has 2 unspecified atom stereocenters. The van der Waals surface area contributed by atoms with Crippen molar-refractivity contribution in [3.8, 4) is 0 Å². The lowest BCUT2D eigenvalue weighted by atomic mass is 9.91. The van der Waals surface area contributed by atoms with Crippen molar-refractivity contribution in [2.75, 3.05) is 31.9 Å². The Morgan fingerprint density at radius 2 is 2.02 bits per heavy atom. The summed E-state index contributed by atoms with van der Waals surface area (Å²) in [4.78, 5) is 50.9. The van der Waals surface area contributed by atoms with E-state index >= 15 is 0 Å². The number of carbonyl (C=O) groups excluding carboxylic acids is 3. The van der Waals surface area contributed by atoms with E-state index in [4.69, 9.17) is 15.2 Å². The molecule has 0 saturated carbocycles. The van der Waals surface area contributed by atoms with Crippen LogP contribution in [0.4, 0.5) is 10.6 Å². The summed E-state index contributed by atoms with van der Waals surface area (Å²) in [6.45, 7) is 3.70. The van der Waals surface area contributed by atoms with Gasteiger partial charge in [0.05, 0.1) is 19.3 Å². The molecular formula is C25H36N8O7. The number of aliphatic hydroxyl groups is 2. The standard InChI is InChI=1S/C25H36N8O7/c1-2-27-23(37)20-18(35)19(36)24(40-20)33-12-29-17-21(26)30-15(31-22(17)33)5-3-4-13-6-8-32(9-7-13)25(38)39-14-10-16(34)28-11-14/h12-14,18-20,24,35-36H,2-11H2,1H3,(H,27,37)(H,28,34)(H2,26,30,31)/t14?,18-,19?,20+,24-/m1/s1. The lowest BCUT2D eigenvalue weighted by molar-refractivity contribution is -0.137. The quantitative estimate of drug-likeness (QED) is 0.271. The van der Waals surface area contributed by atoms with Gasteiger partial charge < -0.3 is 41.0 Å². The number of likely N-dealkylation sites (tertiary alicyclic amines) is 1. The highest BCUT2D eigenvalue weighted by atomic mass is 16.6. The average molecular weight is 561 g/mol. The van der Waals surface area contributed by atoms with E-state index < -0.39 is 36.6 Å². The van der Waals surface area contributed by atoms with Gasteiger partial charge in [0.1, 0.15) is 29.7 Å². The fourth-order valence-corrected chi connectivity index (χ4v) is 5.50. The number of nitrogens with one attached hydrogen (secondary N) is 2. The van der Waals surface area contributed by atoms with E-state index in [1.807, 2.05) is 0 Å². The molecule has 0 spiro atoms. The molecule has 5 heterocycles. The van der Waals surface area contributed by atoms with Gasteiger partial charge >= 0.3 is 6.09 Å². The predicted octanol–water partition coefficient (Wildman–Crippen LogP) is -0.776. The molecular weight excluding hydrogens is 524 g/mol. The van der Waals surface area contributed by atoms with Gasteiger partial charge in [-0.05, 0) is 38.5 Å². The van der Waals surface area contributed by atoms with E-state index in [0.29, 0.717) is 55.5 Å². The Hall–Kier alpha value is -3.56. The van der Waals surface area contributed by atoms with Gasteiger partial charge in [0.2, 0.25) is 5.91 Å². The number of rotatable bonds is 8. The number of fused-ring (bicyclic) bond motifs is 1. The van der Waals surface area contributed by atoms with Crippen molar-refractivity contribution in [1.82, 2.24) is 35.1 Å². The molecule has 3 fully saturated rings. The monoisotopic (exact) mass is 560 g/mol. The SMILES string of the molecule is CCNC(=O)[C@H]1O[C@@H](n2cnc3c(N)nc(CCCC4CCN(C(=O)OC5CNC(=O)C5)CC4)nc32)C(O)[C@H]1O. The number of likely N-dealkylation sites (N-methyl/N-ethyl adjacent to an activating group) is 1. The number of anilines is 1. The summed E-state index contributed by atoms with van der Waals surface area (Å²) in [6.07, 6.45) is -0.206. The van der Waals surface area contributed by atoms with Gasteiger partial charge in [0.15, 0.2) is 23.8 Å². The Morgan fingerprint density at radius 1 is 1.25 bits per heavy atom. The summed E-state index contributed by atoms with van der Waals surface area (Å²) in [5.41, 5.74) is 6.84. The van der Waals surface area contributed by atoms with Gasteiger partial charge in [0.25, 0.3) is 5.91 Å². The van der Waals surface area contributed by atoms with Crippen LogP contribution in [0.3, 0.4) is 0 Å². The van der Waals surface area contributed by atoms with E-state index in [1.54, 1.807) is 11.8 Å². The van der Waals surface area contributed by atoms with Crippen molar-refractivity contribution >= 4 is 34.9 Å². The first kappa shape index (κ1) is 28.0. The zero-order valence-electron chi connectivity index (χ0n) is 22.4. The predicted molar refractivity (Wildman–Crippen MR) is 139 cm³/mol. The number of aliphatic hydroxyl groups excluding tert-OH is 2. The minimum absolute atomic E-state index is 0.0980. The van der Waals surface area contributed by atoms with Gasteiger partial charge in [-0.25, -0.2) is 19.7 Å². The van der Waals surface area contributed by atoms with Crippen molar-refractivity contribution in [3.05, 3.63) is 12.2 Å². The van der Waals surface area contributed by atoms with Crippen molar-refractivity contribution in [2.45, 2.75) is 76.1 Å². The minimum Gasteiger partial charge on any atom is -0.444 e. The van der Waals surface area contributed by atoms with Crippen LogP contribution in [-0.4, -0.2) is 103 Å². The number of carbonyl (C=O) groups is 3. The molecule has 3 saturated heterocycles.